The quantitative estimate of drug-likeness (QED) is 0.653. The highest BCUT2D eigenvalue weighted by atomic mass is 16.7. The first-order valence-electron chi connectivity index (χ1n) is 6.04. The number of aryl methyl sites for hydroxylation is 2. The van der Waals surface area contributed by atoms with Gasteiger partial charge in [0.25, 0.3) is 0 Å². The second kappa shape index (κ2) is 5.52. The highest BCUT2D eigenvalue weighted by Gasteiger charge is 2.03. The first-order valence-corrected chi connectivity index (χ1v) is 6.04. The van der Waals surface area contributed by atoms with Crippen molar-refractivity contribution in [3.63, 3.8) is 0 Å². The van der Waals surface area contributed by atoms with E-state index >= 15 is 0 Å². The molecule has 0 aromatic heterocycles. The van der Waals surface area contributed by atoms with Crippen LogP contribution in [0, 0.1) is 13.8 Å². The van der Waals surface area contributed by atoms with Crippen molar-refractivity contribution in [2.75, 3.05) is 18.3 Å². The maximum atomic E-state index is 5.91. The fourth-order valence-corrected chi connectivity index (χ4v) is 1.68. The van der Waals surface area contributed by atoms with Gasteiger partial charge in [-0.2, -0.15) is 0 Å². The molecular weight excluding hydrogens is 240 g/mol. The van der Waals surface area contributed by atoms with Crippen molar-refractivity contribution in [2.45, 2.75) is 13.8 Å². The molecule has 0 saturated heterocycles. The average molecular weight is 258 g/mol. The Balaban J connectivity index is 1.96. The number of hydrogen-bond acceptors (Lipinski definition) is 4. The Morgan fingerprint density at radius 2 is 1.74 bits per heavy atom. The van der Waals surface area contributed by atoms with Crippen LogP contribution in [0.25, 0.3) is 0 Å². The molecule has 2 aromatic rings. The van der Waals surface area contributed by atoms with E-state index in [9.17, 15) is 0 Å². The van der Waals surface area contributed by atoms with E-state index in [0.717, 1.165) is 22.6 Å². The maximum Gasteiger partial charge on any atom is 0.230 e. The number of ether oxygens (including phenoxy) is 2. The lowest BCUT2D eigenvalue weighted by Gasteiger charge is -2.12. The minimum Gasteiger partial charge on any atom is -0.457 e. The van der Waals surface area contributed by atoms with Crippen molar-refractivity contribution >= 4 is 11.4 Å². The van der Waals surface area contributed by atoms with Crippen LogP contribution < -0.4 is 20.9 Å². The molecule has 2 rings (SSSR count). The Kier molecular flexibility index (Phi) is 3.80. The number of nitrogens with two attached hydrogens (primary N) is 2. The molecule has 0 fully saturated rings. The van der Waals surface area contributed by atoms with E-state index in [-0.39, 0.29) is 6.79 Å². The second-order valence-electron chi connectivity index (χ2n) is 4.41. The average Bonchev–Trinajstić information content (AvgIpc) is 2.39. The molecular formula is C15H18N2O2. The minimum atomic E-state index is 0.108. The van der Waals surface area contributed by atoms with Gasteiger partial charge in [-0.25, -0.2) is 0 Å². The molecule has 2 aromatic carbocycles. The van der Waals surface area contributed by atoms with Crippen LogP contribution in [0.1, 0.15) is 11.1 Å². The molecule has 0 saturated carbocycles. The topological polar surface area (TPSA) is 70.5 Å². The van der Waals surface area contributed by atoms with Gasteiger partial charge in [0.2, 0.25) is 6.79 Å². The van der Waals surface area contributed by atoms with E-state index in [1.165, 1.54) is 0 Å². The summed E-state index contributed by atoms with van der Waals surface area (Å²) in [4.78, 5) is 0. The largest absolute Gasteiger partial charge is 0.457 e. The highest BCUT2D eigenvalue weighted by Crippen LogP contribution is 2.25. The summed E-state index contributed by atoms with van der Waals surface area (Å²) in [6.07, 6.45) is 0. The number of hydrogen-bond donors (Lipinski definition) is 2. The highest BCUT2D eigenvalue weighted by molar-refractivity contribution is 5.57. The Morgan fingerprint density at radius 1 is 0.947 bits per heavy atom. The smallest absolute Gasteiger partial charge is 0.230 e. The predicted molar refractivity (Wildman–Crippen MR) is 77.3 cm³/mol. The molecule has 0 aliphatic carbocycles. The molecule has 0 bridgehead atoms. The van der Waals surface area contributed by atoms with Gasteiger partial charge in [-0.3, -0.25) is 0 Å². The Labute approximate surface area is 112 Å². The van der Waals surface area contributed by atoms with E-state index in [0.29, 0.717) is 11.4 Å². The zero-order chi connectivity index (χ0) is 13.8. The number of rotatable bonds is 4. The molecule has 19 heavy (non-hydrogen) atoms. The molecule has 4 N–H and O–H groups in total. The molecule has 100 valence electrons. The third-order valence-electron chi connectivity index (χ3n) is 2.97. The van der Waals surface area contributed by atoms with Crippen LogP contribution in [0.15, 0.2) is 36.4 Å². The zero-order valence-electron chi connectivity index (χ0n) is 11.1. The fraction of sp³-hybridized carbons (Fsp3) is 0.200. The van der Waals surface area contributed by atoms with Gasteiger partial charge >= 0.3 is 0 Å². The Hall–Kier alpha value is -2.36. The van der Waals surface area contributed by atoms with Gasteiger partial charge in [-0.05, 0) is 49.2 Å². The molecule has 0 radical (unpaired) electrons. The SMILES string of the molecule is Cc1cc(OCOc2cccc(C)c2N)ccc1N. The molecule has 0 aliphatic heterocycles. The van der Waals surface area contributed by atoms with Crippen LogP contribution >= 0.6 is 0 Å². The van der Waals surface area contributed by atoms with Crippen LogP contribution in [-0.2, 0) is 0 Å². The summed E-state index contributed by atoms with van der Waals surface area (Å²) < 4.78 is 11.0. The van der Waals surface area contributed by atoms with Crippen molar-refractivity contribution in [1.82, 2.24) is 0 Å². The normalized spacial score (nSPS) is 10.2. The molecule has 0 amide bonds. The lowest BCUT2D eigenvalue weighted by molar-refractivity contribution is 0.120. The third kappa shape index (κ3) is 3.10. The summed E-state index contributed by atoms with van der Waals surface area (Å²) in [5.74, 6) is 1.35. The van der Waals surface area contributed by atoms with Crippen molar-refractivity contribution in [3.05, 3.63) is 47.5 Å². The number of benzene rings is 2. The summed E-state index contributed by atoms with van der Waals surface area (Å²) in [6, 6.07) is 11.1. The number of anilines is 2. The van der Waals surface area contributed by atoms with Crippen LogP contribution in [0.2, 0.25) is 0 Å². The standard InChI is InChI=1S/C15H18N2O2/c1-10-4-3-5-14(15(10)17)19-9-18-12-6-7-13(16)11(2)8-12/h3-8H,9,16-17H2,1-2H3. The number of nitrogen functional groups attached to an aromatic ring is 2. The van der Waals surface area contributed by atoms with Crippen molar-refractivity contribution < 1.29 is 9.47 Å². The monoisotopic (exact) mass is 258 g/mol. The van der Waals surface area contributed by atoms with Crippen LogP contribution in [-0.4, -0.2) is 6.79 Å². The van der Waals surface area contributed by atoms with E-state index in [4.69, 9.17) is 20.9 Å². The molecule has 0 spiro atoms. The number of para-hydroxylation sites is 1. The van der Waals surface area contributed by atoms with E-state index in [1.807, 2.05) is 50.2 Å². The lowest BCUT2D eigenvalue weighted by atomic mass is 10.2. The summed E-state index contributed by atoms with van der Waals surface area (Å²) in [7, 11) is 0. The first kappa shape index (κ1) is 13.1. The predicted octanol–water partition coefficient (Wildman–Crippen LogP) is 2.88. The molecule has 0 atom stereocenters. The van der Waals surface area contributed by atoms with Gasteiger partial charge in [0.15, 0.2) is 0 Å². The summed E-state index contributed by atoms with van der Waals surface area (Å²) in [6.45, 7) is 3.98. The zero-order valence-corrected chi connectivity index (χ0v) is 11.1. The van der Waals surface area contributed by atoms with E-state index in [2.05, 4.69) is 0 Å². The third-order valence-corrected chi connectivity index (χ3v) is 2.97. The summed E-state index contributed by atoms with van der Waals surface area (Å²) >= 11 is 0. The second-order valence-corrected chi connectivity index (χ2v) is 4.41. The van der Waals surface area contributed by atoms with Crippen LogP contribution in [0.4, 0.5) is 11.4 Å². The van der Waals surface area contributed by atoms with Gasteiger partial charge in [-0.15, -0.1) is 0 Å². The van der Waals surface area contributed by atoms with Gasteiger partial charge in [0.05, 0.1) is 5.69 Å². The summed E-state index contributed by atoms with van der Waals surface area (Å²) in [5.41, 5.74) is 15.0. The van der Waals surface area contributed by atoms with Gasteiger partial charge in [-0.1, -0.05) is 12.1 Å². The maximum absolute atomic E-state index is 5.91. The molecule has 4 heteroatoms. The van der Waals surface area contributed by atoms with E-state index < -0.39 is 0 Å². The van der Waals surface area contributed by atoms with Crippen molar-refractivity contribution in [2.24, 2.45) is 0 Å². The first-order chi connectivity index (χ1) is 9.08. The van der Waals surface area contributed by atoms with Gasteiger partial charge < -0.3 is 20.9 Å². The lowest BCUT2D eigenvalue weighted by Crippen LogP contribution is -2.07. The Bertz CT molecular complexity index is 582. The fourth-order valence-electron chi connectivity index (χ4n) is 1.68. The van der Waals surface area contributed by atoms with Crippen molar-refractivity contribution in [3.8, 4) is 11.5 Å². The van der Waals surface area contributed by atoms with Gasteiger partial charge in [0.1, 0.15) is 11.5 Å². The van der Waals surface area contributed by atoms with Gasteiger partial charge in [0, 0.05) is 5.69 Å². The van der Waals surface area contributed by atoms with Crippen molar-refractivity contribution in [1.29, 1.82) is 0 Å². The molecule has 0 aliphatic rings. The minimum absolute atomic E-state index is 0.108. The molecule has 4 nitrogen and oxygen atoms in total. The van der Waals surface area contributed by atoms with Crippen LogP contribution in [0.3, 0.4) is 0 Å². The van der Waals surface area contributed by atoms with Crippen LogP contribution in [0.5, 0.6) is 11.5 Å². The Morgan fingerprint density at radius 3 is 2.47 bits per heavy atom. The summed E-state index contributed by atoms with van der Waals surface area (Å²) in [5, 5.41) is 0. The van der Waals surface area contributed by atoms with E-state index in [1.54, 1.807) is 0 Å². The molecule has 0 unspecified atom stereocenters. The molecule has 0 heterocycles.